The SMILES string of the molecule is COC(=O)c1ccccc1NCC(=O)NC(C)c1ccco1. The van der Waals surface area contributed by atoms with Gasteiger partial charge in [-0.2, -0.15) is 0 Å². The molecule has 2 aromatic rings. The number of hydrogen-bond donors (Lipinski definition) is 2. The molecular weight excluding hydrogens is 284 g/mol. The number of furan rings is 1. The summed E-state index contributed by atoms with van der Waals surface area (Å²) in [5.74, 6) is 0.0272. The zero-order chi connectivity index (χ0) is 15.9. The highest BCUT2D eigenvalue weighted by atomic mass is 16.5. The molecule has 0 aliphatic carbocycles. The Balaban J connectivity index is 1.93. The summed E-state index contributed by atoms with van der Waals surface area (Å²) >= 11 is 0. The van der Waals surface area contributed by atoms with Crippen molar-refractivity contribution in [2.45, 2.75) is 13.0 Å². The van der Waals surface area contributed by atoms with Crippen molar-refractivity contribution in [1.29, 1.82) is 0 Å². The first-order chi connectivity index (χ1) is 10.6. The number of methoxy groups -OCH3 is 1. The average Bonchev–Trinajstić information content (AvgIpc) is 3.07. The van der Waals surface area contributed by atoms with Gasteiger partial charge in [-0.1, -0.05) is 12.1 Å². The number of carbonyl (C=O) groups is 2. The van der Waals surface area contributed by atoms with E-state index in [1.54, 1.807) is 42.7 Å². The summed E-state index contributed by atoms with van der Waals surface area (Å²) in [5, 5.41) is 5.74. The minimum Gasteiger partial charge on any atom is -0.467 e. The number of esters is 1. The maximum atomic E-state index is 11.9. The van der Waals surface area contributed by atoms with E-state index in [1.165, 1.54) is 7.11 Å². The van der Waals surface area contributed by atoms with Crippen LogP contribution in [-0.2, 0) is 9.53 Å². The molecule has 0 spiro atoms. The van der Waals surface area contributed by atoms with Gasteiger partial charge in [-0.3, -0.25) is 4.79 Å². The van der Waals surface area contributed by atoms with Crippen LogP contribution in [0.15, 0.2) is 47.1 Å². The van der Waals surface area contributed by atoms with Crippen molar-refractivity contribution in [3.8, 4) is 0 Å². The largest absolute Gasteiger partial charge is 0.467 e. The smallest absolute Gasteiger partial charge is 0.339 e. The predicted molar refractivity (Wildman–Crippen MR) is 81.5 cm³/mol. The molecule has 22 heavy (non-hydrogen) atoms. The minimum absolute atomic E-state index is 0.0407. The Morgan fingerprint density at radius 3 is 2.68 bits per heavy atom. The molecule has 116 valence electrons. The number of hydrogen-bond acceptors (Lipinski definition) is 5. The van der Waals surface area contributed by atoms with Crippen molar-refractivity contribution in [3.05, 3.63) is 54.0 Å². The standard InChI is InChI=1S/C16H18N2O4/c1-11(14-8-5-9-22-14)18-15(19)10-17-13-7-4-3-6-12(13)16(20)21-2/h3-9,11,17H,10H2,1-2H3,(H,18,19). The highest BCUT2D eigenvalue weighted by Gasteiger charge is 2.14. The van der Waals surface area contributed by atoms with E-state index in [9.17, 15) is 9.59 Å². The van der Waals surface area contributed by atoms with Crippen molar-refractivity contribution in [2.75, 3.05) is 19.0 Å². The molecule has 2 N–H and O–H groups in total. The van der Waals surface area contributed by atoms with E-state index in [1.807, 2.05) is 6.92 Å². The van der Waals surface area contributed by atoms with Gasteiger partial charge in [0.05, 0.1) is 31.5 Å². The number of nitrogens with one attached hydrogen (secondary N) is 2. The van der Waals surface area contributed by atoms with Crippen LogP contribution in [0.4, 0.5) is 5.69 Å². The highest BCUT2D eigenvalue weighted by molar-refractivity contribution is 5.96. The number of para-hydroxylation sites is 1. The molecular formula is C16H18N2O4. The van der Waals surface area contributed by atoms with E-state index in [0.29, 0.717) is 17.0 Å². The first-order valence-electron chi connectivity index (χ1n) is 6.85. The Kier molecular flexibility index (Phi) is 5.19. The van der Waals surface area contributed by atoms with Crippen LogP contribution < -0.4 is 10.6 Å². The quantitative estimate of drug-likeness (QED) is 0.801. The third kappa shape index (κ3) is 3.88. The maximum Gasteiger partial charge on any atom is 0.339 e. The third-order valence-electron chi connectivity index (χ3n) is 3.12. The lowest BCUT2D eigenvalue weighted by molar-refractivity contribution is -0.120. The molecule has 1 aromatic heterocycles. The summed E-state index contributed by atoms with van der Waals surface area (Å²) < 4.78 is 9.93. The highest BCUT2D eigenvalue weighted by Crippen LogP contribution is 2.16. The van der Waals surface area contributed by atoms with Crippen molar-refractivity contribution in [3.63, 3.8) is 0 Å². The summed E-state index contributed by atoms with van der Waals surface area (Å²) in [4.78, 5) is 23.6. The molecule has 1 atom stereocenters. The zero-order valence-corrected chi connectivity index (χ0v) is 12.5. The second-order valence-electron chi connectivity index (χ2n) is 4.70. The van der Waals surface area contributed by atoms with Gasteiger partial charge in [0.15, 0.2) is 0 Å². The normalized spacial score (nSPS) is 11.5. The number of benzene rings is 1. The van der Waals surface area contributed by atoms with Crippen LogP contribution >= 0.6 is 0 Å². The van der Waals surface area contributed by atoms with Crippen LogP contribution in [0.1, 0.15) is 29.1 Å². The number of anilines is 1. The van der Waals surface area contributed by atoms with Gasteiger partial charge in [0.25, 0.3) is 0 Å². The van der Waals surface area contributed by atoms with Gasteiger partial charge in [-0.25, -0.2) is 4.79 Å². The zero-order valence-electron chi connectivity index (χ0n) is 12.5. The maximum absolute atomic E-state index is 11.9. The van der Waals surface area contributed by atoms with Gasteiger partial charge in [0, 0.05) is 5.69 Å². The Bertz CT molecular complexity index is 637. The molecule has 0 aliphatic heterocycles. The monoisotopic (exact) mass is 302 g/mol. The van der Waals surface area contributed by atoms with Gasteiger partial charge in [0.2, 0.25) is 5.91 Å². The fourth-order valence-corrected chi connectivity index (χ4v) is 2.00. The molecule has 0 aliphatic rings. The van der Waals surface area contributed by atoms with Crippen molar-refractivity contribution in [1.82, 2.24) is 5.32 Å². The molecule has 1 amide bonds. The lowest BCUT2D eigenvalue weighted by Gasteiger charge is -2.13. The summed E-state index contributed by atoms with van der Waals surface area (Å²) in [5.41, 5.74) is 0.937. The Labute approximate surface area is 128 Å². The summed E-state index contributed by atoms with van der Waals surface area (Å²) in [6.45, 7) is 1.87. The molecule has 6 heteroatoms. The Morgan fingerprint density at radius 1 is 1.23 bits per heavy atom. The van der Waals surface area contributed by atoms with Gasteiger partial charge in [0.1, 0.15) is 5.76 Å². The van der Waals surface area contributed by atoms with E-state index in [0.717, 1.165) is 0 Å². The number of carbonyl (C=O) groups excluding carboxylic acids is 2. The molecule has 1 unspecified atom stereocenters. The van der Waals surface area contributed by atoms with Crippen LogP contribution in [0.25, 0.3) is 0 Å². The third-order valence-corrected chi connectivity index (χ3v) is 3.12. The topological polar surface area (TPSA) is 80.6 Å². The van der Waals surface area contributed by atoms with Gasteiger partial charge in [-0.05, 0) is 31.2 Å². The number of amides is 1. The summed E-state index contributed by atoms with van der Waals surface area (Å²) in [7, 11) is 1.32. The second-order valence-corrected chi connectivity index (χ2v) is 4.70. The lowest BCUT2D eigenvalue weighted by atomic mass is 10.2. The molecule has 0 saturated carbocycles. The molecule has 0 saturated heterocycles. The summed E-state index contributed by atoms with van der Waals surface area (Å²) in [6, 6.07) is 10.2. The molecule has 1 heterocycles. The van der Waals surface area contributed by atoms with Gasteiger partial charge < -0.3 is 19.8 Å². The number of rotatable bonds is 6. The molecule has 0 bridgehead atoms. The molecule has 0 radical (unpaired) electrons. The van der Waals surface area contributed by atoms with Crippen LogP contribution in [0.3, 0.4) is 0 Å². The second kappa shape index (κ2) is 7.31. The predicted octanol–water partition coefficient (Wildman–Crippen LogP) is 2.36. The van der Waals surface area contributed by atoms with Crippen molar-refractivity contribution >= 4 is 17.6 Å². The van der Waals surface area contributed by atoms with Crippen LogP contribution in [0, 0.1) is 0 Å². The van der Waals surface area contributed by atoms with Crippen LogP contribution in [0.5, 0.6) is 0 Å². The molecule has 2 rings (SSSR count). The van der Waals surface area contributed by atoms with Gasteiger partial charge in [-0.15, -0.1) is 0 Å². The molecule has 1 aromatic carbocycles. The number of ether oxygens (including phenoxy) is 1. The molecule has 6 nitrogen and oxygen atoms in total. The van der Waals surface area contributed by atoms with Crippen LogP contribution in [-0.4, -0.2) is 25.5 Å². The van der Waals surface area contributed by atoms with E-state index < -0.39 is 5.97 Å². The fraction of sp³-hybridized carbons (Fsp3) is 0.250. The summed E-state index contributed by atoms with van der Waals surface area (Å²) in [6.07, 6.45) is 1.56. The Morgan fingerprint density at radius 2 is 2.00 bits per heavy atom. The Hall–Kier alpha value is -2.76. The van der Waals surface area contributed by atoms with E-state index in [2.05, 4.69) is 10.6 Å². The van der Waals surface area contributed by atoms with Crippen molar-refractivity contribution in [2.24, 2.45) is 0 Å². The molecule has 0 fully saturated rings. The van der Waals surface area contributed by atoms with E-state index >= 15 is 0 Å². The first-order valence-corrected chi connectivity index (χ1v) is 6.85. The van der Waals surface area contributed by atoms with E-state index in [-0.39, 0.29) is 18.5 Å². The van der Waals surface area contributed by atoms with Crippen LogP contribution in [0.2, 0.25) is 0 Å². The lowest BCUT2D eigenvalue weighted by Crippen LogP contribution is -2.32. The van der Waals surface area contributed by atoms with Gasteiger partial charge >= 0.3 is 5.97 Å². The first kappa shape index (κ1) is 15.6. The average molecular weight is 302 g/mol. The van der Waals surface area contributed by atoms with E-state index in [4.69, 9.17) is 9.15 Å². The fourth-order valence-electron chi connectivity index (χ4n) is 2.00. The van der Waals surface area contributed by atoms with Crippen molar-refractivity contribution < 1.29 is 18.7 Å². The minimum atomic E-state index is -0.451.